The van der Waals surface area contributed by atoms with Crippen molar-refractivity contribution >= 4 is 64.4 Å². The normalized spacial score (nSPS) is 26.6. The summed E-state index contributed by atoms with van der Waals surface area (Å²) in [6.07, 6.45) is -0.271. The summed E-state index contributed by atoms with van der Waals surface area (Å²) in [4.78, 5) is 32.0. The standard InChI is InChI=1S/C33H35BrFIN2O4Si/c1-20-31(43(2,3)35)29(16-30(40)37-18-23-9-5-4-8-22(23)14-26(37)19-39)42-33(20)27-15-24(34)11-12-28(27)38(32(33)41)17-21-7-6-10-25(36)13-21/h4-13,15,20,26,29,31,39H,14,16-19H2,1-3H3/t20-,26+,29+,31-,33+/m1/s1. The highest BCUT2D eigenvalue weighted by Gasteiger charge is 2.67. The average molecular weight is 778 g/mol. The minimum atomic E-state index is -3.44. The molecule has 0 aliphatic carbocycles. The first-order valence-corrected chi connectivity index (χ1v) is 19.5. The number of anilines is 1. The quantitative estimate of drug-likeness (QED) is 0.172. The maximum Gasteiger partial charge on any atom is 0.264 e. The number of carbonyl (C=O) groups is 2. The summed E-state index contributed by atoms with van der Waals surface area (Å²) >= 11 is 5.85. The van der Waals surface area contributed by atoms with Crippen molar-refractivity contribution in [1.29, 1.82) is 0 Å². The van der Waals surface area contributed by atoms with E-state index >= 15 is 4.11 Å². The highest BCUT2D eigenvalue weighted by Crippen LogP contribution is 2.60. The fourth-order valence-electron chi connectivity index (χ4n) is 7.53. The Morgan fingerprint density at radius 2 is 1.88 bits per heavy atom. The number of nitrogens with zero attached hydrogens (tertiary/aromatic N) is 2. The van der Waals surface area contributed by atoms with Crippen molar-refractivity contribution in [2.45, 2.75) is 69.2 Å². The van der Waals surface area contributed by atoms with Gasteiger partial charge in [-0.3, -0.25) is 9.59 Å². The van der Waals surface area contributed by atoms with E-state index in [9.17, 15) is 14.7 Å². The van der Waals surface area contributed by atoms with Crippen molar-refractivity contribution in [2.24, 2.45) is 5.92 Å². The highest BCUT2D eigenvalue weighted by atomic mass is 127. The van der Waals surface area contributed by atoms with E-state index in [0.717, 1.165) is 30.4 Å². The zero-order valence-corrected chi connectivity index (χ0v) is 29.1. The molecule has 6 nitrogen and oxygen atoms in total. The summed E-state index contributed by atoms with van der Waals surface area (Å²) in [5.74, 6) is -0.902. The molecule has 0 saturated carbocycles. The van der Waals surface area contributed by atoms with Gasteiger partial charge in [-0.2, -0.15) is 0 Å². The van der Waals surface area contributed by atoms with Gasteiger partial charge in [0, 0.05) is 31.6 Å². The molecule has 1 saturated heterocycles. The number of benzene rings is 3. The Labute approximate surface area is 275 Å². The van der Waals surface area contributed by atoms with Gasteiger partial charge in [-0.15, -0.1) is 0 Å². The molecule has 3 aliphatic rings. The molecular formula is C33H35BrFIN2O4Si. The number of hydrogen-bond donors (Lipinski definition) is 1. The predicted octanol–water partition coefficient (Wildman–Crippen LogP) is 6.71. The Balaban J connectivity index is 1.36. The number of rotatable bonds is 6. The number of halogens is 3. The molecule has 3 aromatic carbocycles. The molecule has 0 aromatic heterocycles. The van der Waals surface area contributed by atoms with Crippen molar-refractivity contribution in [3.63, 3.8) is 0 Å². The molecule has 5 atom stereocenters. The molecule has 6 rings (SSSR count). The van der Waals surface area contributed by atoms with E-state index < -0.39 is 31.6 Å². The third-order valence-electron chi connectivity index (χ3n) is 9.41. The maximum atomic E-state index is 16.3. The molecule has 1 N–H and O–H groups in total. The highest BCUT2D eigenvalue weighted by molar-refractivity contribution is 14.1. The van der Waals surface area contributed by atoms with E-state index in [1.54, 1.807) is 22.9 Å². The van der Waals surface area contributed by atoms with Crippen molar-refractivity contribution < 1.29 is 23.5 Å². The lowest BCUT2D eigenvalue weighted by atomic mass is 9.82. The smallest absolute Gasteiger partial charge is 0.264 e. The van der Waals surface area contributed by atoms with Crippen molar-refractivity contribution in [3.05, 3.63) is 97.0 Å². The van der Waals surface area contributed by atoms with Gasteiger partial charge in [0.05, 0.1) is 37.4 Å². The molecular weight excluding hydrogens is 742 g/mol. The summed E-state index contributed by atoms with van der Waals surface area (Å²) in [6.45, 7) is 5.78. The number of ether oxygens (including phenoxy) is 1. The summed E-state index contributed by atoms with van der Waals surface area (Å²) in [7, 11) is -3.44. The SMILES string of the molecule is C[C@@H]1[C@@H]([Si](C)(C)F)[C@H](CC(=O)N2Cc3ccccc3C[C@H]2CO)O[C@@]12C(=O)N(Cc1cccc(I)c1)c1ccc(Br)cc12. The van der Waals surface area contributed by atoms with Gasteiger partial charge in [0.15, 0.2) is 5.60 Å². The van der Waals surface area contributed by atoms with E-state index in [0.29, 0.717) is 25.1 Å². The molecule has 3 aromatic rings. The van der Waals surface area contributed by atoms with Gasteiger partial charge in [-0.05, 0) is 89.1 Å². The number of aliphatic hydroxyl groups excluding tert-OH is 1. The minimum absolute atomic E-state index is 0.0523. The van der Waals surface area contributed by atoms with Crippen LogP contribution in [0.1, 0.15) is 35.6 Å². The van der Waals surface area contributed by atoms with Crippen LogP contribution in [-0.4, -0.2) is 49.0 Å². The number of fused-ring (bicyclic) bond motifs is 3. The van der Waals surface area contributed by atoms with E-state index in [1.807, 2.05) is 73.7 Å². The van der Waals surface area contributed by atoms with Gasteiger partial charge >= 0.3 is 0 Å². The monoisotopic (exact) mass is 776 g/mol. The van der Waals surface area contributed by atoms with Gasteiger partial charge in [0.2, 0.25) is 14.3 Å². The van der Waals surface area contributed by atoms with E-state index in [4.69, 9.17) is 4.74 Å². The van der Waals surface area contributed by atoms with Gasteiger partial charge in [-0.1, -0.05) is 59.3 Å². The molecule has 0 unspecified atom stereocenters. The third-order valence-corrected chi connectivity index (χ3v) is 13.0. The number of aliphatic hydroxyl groups is 1. The summed E-state index contributed by atoms with van der Waals surface area (Å²) in [5, 5.41) is 10.2. The first-order chi connectivity index (χ1) is 20.4. The van der Waals surface area contributed by atoms with Gasteiger partial charge < -0.3 is 23.8 Å². The van der Waals surface area contributed by atoms with Crippen LogP contribution in [0.3, 0.4) is 0 Å². The van der Waals surface area contributed by atoms with Crippen LogP contribution in [0.5, 0.6) is 0 Å². The Kier molecular flexibility index (Phi) is 8.38. The number of carbonyl (C=O) groups excluding carboxylic acids is 2. The minimum Gasteiger partial charge on any atom is -0.394 e. The lowest BCUT2D eigenvalue weighted by molar-refractivity contribution is -0.151. The second kappa shape index (κ2) is 11.7. The van der Waals surface area contributed by atoms with Crippen LogP contribution in [0.2, 0.25) is 18.6 Å². The van der Waals surface area contributed by atoms with E-state index in [1.165, 1.54) is 0 Å². The fraction of sp³-hybridized carbons (Fsp3) is 0.394. The maximum absolute atomic E-state index is 16.3. The van der Waals surface area contributed by atoms with Gasteiger partial charge in [0.1, 0.15) is 0 Å². The molecule has 0 bridgehead atoms. The third kappa shape index (κ3) is 5.41. The zero-order valence-electron chi connectivity index (χ0n) is 24.4. The van der Waals surface area contributed by atoms with Crippen molar-refractivity contribution in [2.75, 3.05) is 11.5 Å². The van der Waals surface area contributed by atoms with Crippen LogP contribution in [-0.2, 0) is 39.4 Å². The van der Waals surface area contributed by atoms with Crippen LogP contribution >= 0.6 is 38.5 Å². The predicted molar refractivity (Wildman–Crippen MR) is 179 cm³/mol. The lowest BCUT2D eigenvalue weighted by Gasteiger charge is -2.37. The number of amides is 2. The molecule has 43 heavy (non-hydrogen) atoms. The van der Waals surface area contributed by atoms with E-state index in [2.05, 4.69) is 38.5 Å². The average Bonchev–Trinajstić information content (AvgIpc) is 3.38. The Morgan fingerprint density at radius 3 is 2.58 bits per heavy atom. The Bertz CT molecular complexity index is 1580. The molecule has 226 valence electrons. The molecule has 10 heteroatoms. The largest absolute Gasteiger partial charge is 0.394 e. The first-order valence-electron chi connectivity index (χ1n) is 14.6. The molecule has 2 amide bonds. The molecule has 1 spiro atoms. The van der Waals surface area contributed by atoms with E-state index in [-0.39, 0.29) is 30.9 Å². The Morgan fingerprint density at radius 1 is 1.14 bits per heavy atom. The summed E-state index contributed by atoms with van der Waals surface area (Å²) in [5.41, 5.74) is 2.62. The summed E-state index contributed by atoms with van der Waals surface area (Å²) < 4.78 is 25.0. The van der Waals surface area contributed by atoms with Crippen LogP contribution < -0.4 is 4.90 Å². The van der Waals surface area contributed by atoms with Crippen LogP contribution in [0.15, 0.2) is 71.2 Å². The number of hydrogen-bond acceptors (Lipinski definition) is 4. The van der Waals surface area contributed by atoms with Crippen LogP contribution in [0, 0.1) is 9.49 Å². The second-order valence-electron chi connectivity index (χ2n) is 12.5. The molecule has 0 radical (unpaired) electrons. The first kappa shape index (κ1) is 30.9. The zero-order chi connectivity index (χ0) is 30.7. The van der Waals surface area contributed by atoms with Crippen LogP contribution in [0.25, 0.3) is 0 Å². The summed E-state index contributed by atoms with van der Waals surface area (Å²) in [6, 6.07) is 21.3. The van der Waals surface area contributed by atoms with Crippen molar-refractivity contribution in [3.8, 4) is 0 Å². The lowest BCUT2D eigenvalue weighted by Crippen LogP contribution is -2.48. The van der Waals surface area contributed by atoms with Gasteiger partial charge in [-0.25, -0.2) is 0 Å². The van der Waals surface area contributed by atoms with Gasteiger partial charge in [0.25, 0.3) is 5.91 Å². The second-order valence-corrected chi connectivity index (χ2v) is 18.4. The Hall–Kier alpha value is -2.12. The molecule has 3 heterocycles. The molecule has 3 aliphatic heterocycles. The topological polar surface area (TPSA) is 70.1 Å². The molecule has 1 fully saturated rings. The van der Waals surface area contributed by atoms with Crippen molar-refractivity contribution in [1.82, 2.24) is 4.90 Å². The van der Waals surface area contributed by atoms with Crippen LogP contribution in [0.4, 0.5) is 9.80 Å². The fourth-order valence-corrected chi connectivity index (χ4v) is 11.0.